The average molecular weight is 375 g/mol. The molecule has 1 saturated heterocycles. The van der Waals surface area contributed by atoms with E-state index in [4.69, 9.17) is 4.74 Å². The Morgan fingerprint density at radius 2 is 1.89 bits per heavy atom. The molecule has 1 aliphatic rings. The number of aromatic nitrogens is 1. The predicted octanol–water partition coefficient (Wildman–Crippen LogP) is 4.10. The van der Waals surface area contributed by atoms with Gasteiger partial charge in [-0.05, 0) is 35.9 Å². The molecule has 1 fully saturated rings. The number of nitrogens with zero attached hydrogens (tertiary/aromatic N) is 2. The van der Waals surface area contributed by atoms with E-state index < -0.39 is 0 Å². The van der Waals surface area contributed by atoms with Gasteiger partial charge in [-0.15, -0.1) is 0 Å². The van der Waals surface area contributed by atoms with E-state index in [2.05, 4.69) is 45.5 Å². The number of hydrogen-bond acceptors (Lipinski definition) is 5. The van der Waals surface area contributed by atoms with Gasteiger partial charge in [-0.2, -0.15) is 0 Å². The summed E-state index contributed by atoms with van der Waals surface area (Å²) in [4.78, 5) is 19.2. The number of rotatable bonds is 5. The maximum Gasteiger partial charge on any atom is 0.338 e. The molecule has 5 heteroatoms. The van der Waals surface area contributed by atoms with Crippen LogP contribution in [-0.4, -0.2) is 42.1 Å². The van der Waals surface area contributed by atoms with Crippen LogP contribution in [0.3, 0.4) is 0 Å². The highest BCUT2D eigenvalue weighted by Gasteiger charge is 2.21. The van der Waals surface area contributed by atoms with Crippen molar-refractivity contribution in [3.05, 3.63) is 71.9 Å². The number of piperidine rings is 1. The first-order chi connectivity index (χ1) is 13.7. The summed E-state index contributed by atoms with van der Waals surface area (Å²) in [5.41, 5.74) is 1.91. The van der Waals surface area contributed by atoms with Gasteiger partial charge in [0.15, 0.2) is 0 Å². The number of benzene rings is 2. The molecule has 0 saturated carbocycles. The molecular formula is C23H25N3O2. The van der Waals surface area contributed by atoms with Crippen LogP contribution in [0.1, 0.15) is 28.8 Å². The number of methoxy groups -OCH3 is 1. The summed E-state index contributed by atoms with van der Waals surface area (Å²) < 4.78 is 4.96. The fourth-order valence-corrected chi connectivity index (χ4v) is 3.89. The van der Waals surface area contributed by atoms with Gasteiger partial charge in [0, 0.05) is 37.3 Å². The zero-order chi connectivity index (χ0) is 19.3. The lowest BCUT2D eigenvalue weighted by molar-refractivity contribution is 0.0603. The van der Waals surface area contributed by atoms with Crippen LogP contribution in [0.15, 0.2) is 60.8 Å². The van der Waals surface area contributed by atoms with Crippen LogP contribution in [0, 0.1) is 0 Å². The largest absolute Gasteiger partial charge is 0.465 e. The molecule has 0 unspecified atom stereocenters. The minimum atomic E-state index is -0.334. The molecule has 5 nitrogen and oxygen atoms in total. The zero-order valence-corrected chi connectivity index (χ0v) is 16.1. The Bertz CT molecular complexity index is 945. The summed E-state index contributed by atoms with van der Waals surface area (Å²) in [6, 6.07) is 18.5. The summed E-state index contributed by atoms with van der Waals surface area (Å²) in [5, 5.41) is 5.41. The van der Waals surface area contributed by atoms with E-state index in [1.54, 1.807) is 12.3 Å². The van der Waals surface area contributed by atoms with Crippen LogP contribution in [0.2, 0.25) is 0 Å². The smallest absolute Gasteiger partial charge is 0.338 e. The molecule has 1 aliphatic heterocycles. The maximum absolute atomic E-state index is 12.2. The molecule has 3 aromatic rings. The van der Waals surface area contributed by atoms with Crippen LogP contribution >= 0.6 is 0 Å². The highest BCUT2D eigenvalue weighted by Crippen LogP contribution is 2.27. The van der Waals surface area contributed by atoms with Crippen LogP contribution in [-0.2, 0) is 11.3 Å². The van der Waals surface area contributed by atoms with E-state index in [9.17, 15) is 4.79 Å². The maximum atomic E-state index is 12.2. The Hall–Kier alpha value is -2.92. The lowest BCUT2D eigenvalue weighted by atomic mass is 10.0. The van der Waals surface area contributed by atoms with Crippen LogP contribution in [0.5, 0.6) is 0 Å². The van der Waals surface area contributed by atoms with Crippen LogP contribution < -0.4 is 5.32 Å². The Balaban J connectivity index is 1.47. The fourth-order valence-electron chi connectivity index (χ4n) is 3.89. The van der Waals surface area contributed by atoms with E-state index in [0.29, 0.717) is 11.6 Å². The number of esters is 1. The predicted molar refractivity (Wildman–Crippen MR) is 111 cm³/mol. The standard InChI is InChI=1S/C23H25N3O2/c1-28-23(27)20-9-5-8-18-10-13-24-22(21(18)20)25-19-11-14-26(15-12-19)16-17-6-3-2-4-7-17/h2-10,13,19H,11-12,14-16H2,1H3,(H,24,25). The molecule has 2 heterocycles. The number of fused-ring (bicyclic) bond motifs is 1. The monoisotopic (exact) mass is 375 g/mol. The Kier molecular flexibility index (Phi) is 5.53. The number of likely N-dealkylation sites (tertiary alicyclic amines) is 1. The molecule has 0 radical (unpaired) electrons. The summed E-state index contributed by atoms with van der Waals surface area (Å²) in [5.74, 6) is 0.430. The summed E-state index contributed by atoms with van der Waals surface area (Å²) in [6.45, 7) is 3.08. The molecular weight excluding hydrogens is 350 g/mol. The first-order valence-electron chi connectivity index (χ1n) is 9.73. The Morgan fingerprint density at radius 3 is 2.64 bits per heavy atom. The van der Waals surface area contributed by atoms with E-state index in [1.165, 1.54) is 12.7 Å². The van der Waals surface area contributed by atoms with E-state index >= 15 is 0 Å². The van der Waals surface area contributed by atoms with Gasteiger partial charge in [-0.3, -0.25) is 4.90 Å². The fraction of sp³-hybridized carbons (Fsp3) is 0.304. The normalized spacial score (nSPS) is 15.5. The van der Waals surface area contributed by atoms with Gasteiger partial charge >= 0.3 is 5.97 Å². The van der Waals surface area contributed by atoms with Crippen LogP contribution in [0.4, 0.5) is 5.82 Å². The van der Waals surface area contributed by atoms with Gasteiger partial charge in [0.2, 0.25) is 0 Å². The van der Waals surface area contributed by atoms with Gasteiger partial charge in [0.1, 0.15) is 5.82 Å². The highest BCUT2D eigenvalue weighted by molar-refractivity contribution is 6.08. The second-order valence-electron chi connectivity index (χ2n) is 7.24. The van der Waals surface area contributed by atoms with Crippen molar-refractivity contribution in [2.75, 3.05) is 25.5 Å². The topological polar surface area (TPSA) is 54.5 Å². The minimum Gasteiger partial charge on any atom is -0.465 e. The molecule has 0 atom stereocenters. The molecule has 0 spiro atoms. The summed E-state index contributed by atoms with van der Waals surface area (Å²) in [7, 11) is 1.41. The SMILES string of the molecule is COC(=O)c1cccc2ccnc(NC3CCN(Cc4ccccc4)CC3)c12. The van der Waals surface area contributed by atoms with Crippen molar-refractivity contribution in [3.63, 3.8) is 0 Å². The molecule has 1 N–H and O–H groups in total. The number of anilines is 1. The molecule has 28 heavy (non-hydrogen) atoms. The van der Waals surface area contributed by atoms with E-state index in [-0.39, 0.29) is 5.97 Å². The number of hydrogen-bond donors (Lipinski definition) is 1. The second-order valence-corrected chi connectivity index (χ2v) is 7.24. The third kappa shape index (κ3) is 3.99. The molecule has 0 aliphatic carbocycles. The third-order valence-electron chi connectivity index (χ3n) is 5.37. The summed E-state index contributed by atoms with van der Waals surface area (Å²) >= 11 is 0. The van der Waals surface area contributed by atoms with Gasteiger partial charge in [-0.25, -0.2) is 9.78 Å². The van der Waals surface area contributed by atoms with Gasteiger partial charge in [0.25, 0.3) is 0 Å². The molecule has 2 aromatic carbocycles. The molecule has 1 aromatic heterocycles. The second kappa shape index (κ2) is 8.40. The molecule has 0 bridgehead atoms. The number of carbonyl (C=O) groups is 1. The Labute approximate surface area is 165 Å². The molecule has 0 amide bonds. The minimum absolute atomic E-state index is 0.334. The van der Waals surface area contributed by atoms with Crippen LogP contribution in [0.25, 0.3) is 10.8 Å². The van der Waals surface area contributed by atoms with Gasteiger partial charge in [-0.1, -0.05) is 42.5 Å². The lowest BCUT2D eigenvalue weighted by Gasteiger charge is -2.32. The number of pyridine rings is 1. The Morgan fingerprint density at radius 1 is 1.11 bits per heavy atom. The van der Waals surface area contributed by atoms with Crippen molar-refractivity contribution >= 4 is 22.6 Å². The van der Waals surface area contributed by atoms with Crippen molar-refractivity contribution in [3.8, 4) is 0 Å². The van der Waals surface area contributed by atoms with Crippen molar-refractivity contribution in [1.29, 1.82) is 0 Å². The van der Waals surface area contributed by atoms with Crippen molar-refractivity contribution in [2.45, 2.75) is 25.4 Å². The van der Waals surface area contributed by atoms with Crippen molar-refractivity contribution in [2.24, 2.45) is 0 Å². The van der Waals surface area contributed by atoms with Gasteiger partial charge in [0.05, 0.1) is 12.7 Å². The highest BCUT2D eigenvalue weighted by atomic mass is 16.5. The average Bonchev–Trinajstić information content (AvgIpc) is 2.75. The lowest BCUT2D eigenvalue weighted by Crippen LogP contribution is -2.38. The molecule has 144 valence electrons. The van der Waals surface area contributed by atoms with E-state index in [0.717, 1.165) is 49.1 Å². The van der Waals surface area contributed by atoms with E-state index in [1.807, 2.05) is 18.2 Å². The first-order valence-corrected chi connectivity index (χ1v) is 9.73. The summed E-state index contributed by atoms with van der Waals surface area (Å²) in [6.07, 6.45) is 3.88. The quantitative estimate of drug-likeness (QED) is 0.681. The zero-order valence-electron chi connectivity index (χ0n) is 16.1. The third-order valence-corrected chi connectivity index (χ3v) is 5.37. The van der Waals surface area contributed by atoms with Gasteiger partial charge < -0.3 is 10.1 Å². The first kappa shape index (κ1) is 18.4. The van der Waals surface area contributed by atoms with Crippen molar-refractivity contribution in [1.82, 2.24) is 9.88 Å². The number of carbonyl (C=O) groups excluding carboxylic acids is 1. The van der Waals surface area contributed by atoms with Crippen molar-refractivity contribution < 1.29 is 9.53 Å². The number of nitrogens with one attached hydrogen (secondary N) is 1. The number of ether oxygens (including phenoxy) is 1. The molecule has 4 rings (SSSR count).